The largest absolute Gasteiger partial charge is 0.491 e. The number of ether oxygens (including phenoxy) is 2. The highest BCUT2D eigenvalue weighted by atomic mass is 35.5. The van der Waals surface area contributed by atoms with Crippen molar-refractivity contribution >= 4 is 11.6 Å². The highest BCUT2D eigenvalue weighted by Gasteiger charge is 2.28. The maximum absolute atomic E-state index is 5.97. The lowest BCUT2D eigenvalue weighted by Crippen LogP contribution is -2.29. The van der Waals surface area contributed by atoms with Crippen molar-refractivity contribution in [1.82, 2.24) is 5.32 Å². The monoisotopic (exact) mass is 281 g/mol. The van der Waals surface area contributed by atoms with Crippen LogP contribution in [0.2, 0.25) is 5.02 Å². The molecule has 4 heteroatoms. The van der Waals surface area contributed by atoms with Crippen LogP contribution in [-0.2, 0) is 4.74 Å². The summed E-state index contributed by atoms with van der Waals surface area (Å²) in [5.74, 6) is 0.854. The number of hydrogen-bond acceptors (Lipinski definition) is 3. The molecular weight excluding hydrogens is 262 g/mol. The summed E-state index contributed by atoms with van der Waals surface area (Å²) >= 11 is 5.84. The fourth-order valence-electron chi connectivity index (χ4n) is 2.36. The average molecular weight is 282 g/mol. The van der Waals surface area contributed by atoms with Gasteiger partial charge in [-0.2, -0.15) is 0 Å². The molecule has 1 aromatic rings. The Labute approximate surface area is 119 Å². The van der Waals surface area contributed by atoms with Crippen LogP contribution < -0.4 is 10.1 Å². The standard InChI is InChI=1S/C15H20ClNO2/c16-11-1-5-13(6-2-11)18-10-15-8-7-14(19-15)9-17-12-3-4-12/h1-2,5-6,12,14-15,17H,3-4,7-10H2. The first kappa shape index (κ1) is 13.2. The Kier molecular flexibility index (Phi) is 4.26. The minimum atomic E-state index is 0.224. The van der Waals surface area contributed by atoms with Gasteiger partial charge in [0.15, 0.2) is 0 Å². The van der Waals surface area contributed by atoms with Gasteiger partial charge in [-0.25, -0.2) is 0 Å². The molecular formula is C15H20ClNO2. The molecule has 1 aliphatic carbocycles. The van der Waals surface area contributed by atoms with Crippen molar-refractivity contribution < 1.29 is 9.47 Å². The van der Waals surface area contributed by atoms with Gasteiger partial charge in [-0.15, -0.1) is 0 Å². The van der Waals surface area contributed by atoms with Gasteiger partial charge in [-0.3, -0.25) is 0 Å². The zero-order valence-corrected chi connectivity index (χ0v) is 11.7. The molecule has 1 N–H and O–H groups in total. The molecule has 0 spiro atoms. The summed E-state index contributed by atoms with van der Waals surface area (Å²) in [6.07, 6.45) is 5.46. The number of nitrogens with one attached hydrogen (secondary N) is 1. The molecule has 19 heavy (non-hydrogen) atoms. The van der Waals surface area contributed by atoms with E-state index in [2.05, 4.69) is 5.32 Å². The topological polar surface area (TPSA) is 30.5 Å². The molecule has 0 radical (unpaired) electrons. The Bertz CT molecular complexity index is 405. The van der Waals surface area contributed by atoms with Gasteiger partial charge in [-0.1, -0.05) is 11.6 Å². The summed E-state index contributed by atoms with van der Waals surface area (Å²) in [6, 6.07) is 8.23. The van der Waals surface area contributed by atoms with Crippen LogP contribution in [0.4, 0.5) is 0 Å². The first-order valence-electron chi connectivity index (χ1n) is 7.07. The van der Waals surface area contributed by atoms with Crippen LogP contribution in [0.15, 0.2) is 24.3 Å². The molecule has 104 valence electrons. The first-order valence-corrected chi connectivity index (χ1v) is 7.44. The maximum atomic E-state index is 5.97. The molecule has 0 amide bonds. The molecule has 2 atom stereocenters. The molecule has 0 bridgehead atoms. The molecule has 1 saturated carbocycles. The van der Waals surface area contributed by atoms with Crippen LogP contribution in [0.1, 0.15) is 25.7 Å². The zero-order valence-electron chi connectivity index (χ0n) is 11.0. The number of hydrogen-bond donors (Lipinski definition) is 1. The Morgan fingerprint density at radius 3 is 2.58 bits per heavy atom. The van der Waals surface area contributed by atoms with Crippen LogP contribution in [-0.4, -0.2) is 31.4 Å². The van der Waals surface area contributed by atoms with Crippen molar-refractivity contribution in [3.8, 4) is 5.75 Å². The van der Waals surface area contributed by atoms with E-state index in [1.165, 1.54) is 12.8 Å². The minimum Gasteiger partial charge on any atom is -0.491 e. The highest BCUT2D eigenvalue weighted by molar-refractivity contribution is 6.30. The van der Waals surface area contributed by atoms with E-state index in [4.69, 9.17) is 21.1 Å². The minimum absolute atomic E-state index is 0.224. The second-order valence-corrected chi connectivity index (χ2v) is 5.84. The lowest BCUT2D eigenvalue weighted by Gasteiger charge is -2.15. The van der Waals surface area contributed by atoms with Crippen LogP contribution in [0.25, 0.3) is 0 Å². The van der Waals surface area contributed by atoms with Gasteiger partial charge in [0.2, 0.25) is 0 Å². The Morgan fingerprint density at radius 1 is 1.11 bits per heavy atom. The predicted molar refractivity (Wildman–Crippen MR) is 75.9 cm³/mol. The molecule has 2 unspecified atom stereocenters. The van der Waals surface area contributed by atoms with E-state index in [1.54, 1.807) is 0 Å². The van der Waals surface area contributed by atoms with Crippen molar-refractivity contribution in [3.05, 3.63) is 29.3 Å². The van der Waals surface area contributed by atoms with E-state index in [1.807, 2.05) is 24.3 Å². The Balaban J connectivity index is 1.37. The highest BCUT2D eigenvalue weighted by Crippen LogP contribution is 2.23. The fourth-order valence-corrected chi connectivity index (χ4v) is 2.48. The third-order valence-electron chi connectivity index (χ3n) is 3.66. The van der Waals surface area contributed by atoms with Gasteiger partial charge in [0, 0.05) is 17.6 Å². The lowest BCUT2D eigenvalue weighted by atomic mass is 10.2. The van der Waals surface area contributed by atoms with Gasteiger partial charge in [0.1, 0.15) is 12.4 Å². The third-order valence-corrected chi connectivity index (χ3v) is 3.91. The van der Waals surface area contributed by atoms with Gasteiger partial charge >= 0.3 is 0 Å². The summed E-state index contributed by atoms with van der Waals surface area (Å²) < 4.78 is 11.7. The quantitative estimate of drug-likeness (QED) is 0.869. The van der Waals surface area contributed by atoms with Crippen molar-refractivity contribution in [2.24, 2.45) is 0 Å². The smallest absolute Gasteiger partial charge is 0.119 e. The number of halogens is 1. The van der Waals surface area contributed by atoms with Gasteiger partial charge in [-0.05, 0) is 49.9 Å². The Hall–Kier alpha value is -0.770. The molecule has 1 aromatic carbocycles. The van der Waals surface area contributed by atoms with E-state index in [0.717, 1.165) is 36.2 Å². The van der Waals surface area contributed by atoms with Crippen LogP contribution in [0.5, 0.6) is 5.75 Å². The van der Waals surface area contributed by atoms with Crippen molar-refractivity contribution in [2.75, 3.05) is 13.2 Å². The SMILES string of the molecule is Clc1ccc(OCC2CCC(CNC3CC3)O2)cc1. The predicted octanol–water partition coefficient (Wildman–Crippen LogP) is 3.02. The third kappa shape index (κ3) is 4.10. The molecule has 3 nitrogen and oxygen atoms in total. The number of benzene rings is 1. The molecule has 1 heterocycles. The molecule has 0 aromatic heterocycles. The van der Waals surface area contributed by atoms with E-state index in [0.29, 0.717) is 12.7 Å². The summed E-state index contributed by atoms with van der Waals surface area (Å²) in [5, 5.41) is 4.25. The van der Waals surface area contributed by atoms with Crippen molar-refractivity contribution in [3.63, 3.8) is 0 Å². The van der Waals surface area contributed by atoms with Gasteiger partial charge in [0.05, 0.1) is 12.2 Å². The van der Waals surface area contributed by atoms with Gasteiger partial charge < -0.3 is 14.8 Å². The lowest BCUT2D eigenvalue weighted by molar-refractivity contribution is 0.0184. The van der Waals surface area contributed by atoms with Crippen LogP contribution in [0.3, 0.4) is 0 Å². The van der Waals surface area contributed by atoms with Crippen LogP contribution in [0, 0.1) is 0 Å². The fraction of sp³-hybridized carbons (Fsp3) is 0.600. The second kappa shape index (κ2) is 6.12. The van der Waals surface area contributed by atoms with Crippen LogP contribution >= 0.6 is 11.6 Å². The zero-order chi connectivity index (χ0) is 13.1. The maximum Gasteiger partial charge on any atom is 0.119 e. The van der Waals surface area contributed by atoms with E-state index in [-0.39, 0.29) is 6.10 Å². The summed E-state index contributed by atoms with van der Waals surface area (Å²) in [6.45, 7) is 1.61. The van der Waals surface area contributed by atoms with Crippen molar-refractivity contribution in [2.45, 2.75) is 43.9 Å². The molecule has 1 saturated heterocycles. The molecule has 2 fully saturated rings. The second-order valence-electron chi connectivity index (χ2n) is 5.40. The van der Waals surface area contributed by atoms with E-state index >= 15 is 0 Å². The normalized spacial score (nSPS) is 26.6. The molecule has 3 rings (SSSR count). The summed E-state index contributed by atoms with van der Waals surface area (Å²) in [4.78, 5) is 0. The average Bonchev–Trinajstić information content (AvgIpc) is 3.15. The van der Waals surface area contributed by atoms with E-state index < -0.39 is 0 Å². The Morgan fingerprint density at radius 2 is 1.84 bits per heavy atom. The summed E-state index contributed by atoms with van der Waals surface area (Å²) in [5.41, 5.74) is 0. The first-order chi connectivity index (χ1) is 9.29. The van der Waals surface area contributed by atoms with Gasteiger partial charge in [0.25, 0.3) is 0 Å². The number of rotatable bonds is 6. The van der Waals surface area contributed by atoms with E-state index in [9.17, 15) is 0 Å². The van der Waals surface area contributed by atoms with Crippen molar-refractivity contribution in [1.29, 1.82) is 0 Å². The molecule has 2 aliphatic rings. The summed E-state index contributed by atoms with van der Waals surface area (Å²) in [7, 11) is 0. The molecule has 1 aliphatic heterocycles.